The van der Waals surface area contributed by atoms with E-state index in [0.717, 1.165) is 5.30 Å². The van der Waals surface area contributed by atoms with E-state index in [9.17, 15) is 10.1 Å². The van der Waals surface area contributed by atoms with Crippen LogP contribution in [0.15, 0.2) is 53.4 Å². The molecule has 2 rings (SSSR count). The molecule has 0 aliphatic carbocycles. The summed E-state index contributed by atoms with van der Waals surface area (Å²) in [5, 5.41) is 12.1. The van der Waals surface area contributed by atoms with E-state index in [0.29, 0.717) is 9.92 Å². The summed E-state index contributed by atoms with van der Waals surface area (Å²) in [6.45, 7) is 0. The van der Waals surface area contributed by atoms with Crippen molar-refractivity contribution in [1.29, 1.82) is 0 Å². The zero-order valence-corrected chi connectivity index (χ0v) is 13.9. The number of non-ortho nitro benzene ring substituents is 1. The molecule has 0 aliphatic heterocycles. The highest BCUT2D eigenvalue weighted by atomic mass is 35.7. The molecule has 0 spiro atoms. The van der Waals surface area contributed by atoms with Gasteiger partial charge in [-0.25, -0.2) is 0 Å². The lowest BCUT2D eigenvalue weighted by molar-refractivity contribution is -0.385. The smallest absolute Gasteiger partial charge is 0.258 e. The molecule has 1 atom stereocenters. The fraction of sp³-hybridized carbons (Fsp3) is 0. The Kier molecular flexibility index (Phi) is 5.10. The van der Waals surface area contributed by atoms with Crippen molar-refractivity contribution in [2.75, 3.05) is 0 Å². The van der Waals surface area contributed by atoms with E-state index >= 15 is 0 Å². The maximum Gasteiger partial charge on any atom is 0.270 e. The summed E-state index contributed by atoms with van der Waals surface area (Å²) in [7, 11) is 0. The van der Waals surface area contributed by atoms with Gasteiger partial charge in [-0.1, -0.05) is 64.2 Å². The topological polar surface area (TPSA) is 43.1 Å². The first-order valence-corrected chi connectivity index (χ1v) is 10.9. The van der Waals surface area contributed by atoms with E-state index in [1.54, 1.807) is 30.3 Å². The zero-order chi connectivity index (χ0) is 14.8. The monoisotopic (exact) mass is 363 g/mol. The van der Waals surface area contributed by atoms with Gasteiger partial charge in [0.2, 0.25) is 0 Å². The third kappa shape index (κ3) is 3.96. The summed E-state index contributed by atoms with van der Waals surface area (Å²) in [5.41, 5.74) is 0.0211. The average Bonchev–Trinajstić information content (AvgIpc) is 2.38. The molecule has 20 heavy (non-hydrogen) atoms. The Labute approximate surface area is 135 Å². The number of nitrogens with zero attached hydrogens (tertiary/aromatic N) is 1. The van der Waals surface area contributed by atoms with Gasteiger partial charge in [0.1, 0.15) is 4.59 Å². The van der Waals surface area contributed by atoms with Gasteiger partial charge in [-0.05, 0) is 18.2 Å². The van der Waals surface area contributed by atoms with Crippen molar-refractivity contribution >= 4 is 61.6 Å². The van der Waals surface area contributed by atoms with Gasteiger partial charge in [0.15, 0.2) is 0 Å². The van der Waals surface area contributed by atoms with Gasteiger partial charge in [0, 0.05) is 27.4 Å². The van der Waals surface area contributed by atoms with Crippen molar-refractivity contribution in [2.45, 2.75) is 4.90 Å². The Balaban J connectivity index is 2.31. The van der Waals surface area contributed by atoms with Gasteiger partial charge in [0.25, 0.3) is 5.69 Å². The van der Waals surface area contributed by atoms with E-state index in [-0.39, 0.29) is 5.69 Å². The summed E-state index contributed by atoms with van der Waals surface area (Å²) < 4.78 is -2.43. The number of halogens is 2. The molecule has 0 heterocycles. The van der Waals surface area contributed by atoms with Gasteiger partial charge in [-0.15, -0.1) is 0 Å². The Hall–Kier alpha value is -0.580. The molecule has 0 amide bonds. The molecule has 1 unspecified atom stereocenters. The van der Waals surface area contributed by atoms with Crippen molar-refractivity contribution in [3.63, 3.8) is 0 Å². The average molecular weight is 364 g/mol. The highest BCUT2D eigenvalue weighted by Gasteiger charge is 2.19. The van der Waals surface area contributed by atoms with Crippen LogP contribution in [-0.2, 0) is 11.8 Å². The van der Waals surface area contributed by atoms with Crippen LogP contribution in [0, 0.1) is 10.1 Å². The second kappa shape index (κ2) is 6.46. The van der Waals surface area contributed by atoms with Gasteiger partial charge in [0.05, 0.1) is 4.92 Å². The highest BCUT2D eigenvalue weighted by Crippen LogP contribution is 2.65. The SMILES string of the molecule is O=[N+]([O-])c1cccc(SP(=S)(Cl)c2cccc(Cl)c2)c1. The fourth-order valence-corrected chi connectivity index (χ4v) is 6.96. The van der Waals surface area contributed by atoms with E-state index < -0.39 is 9.52 Å². The van der Waals surface area contributed by atoms with Gasteiger partial charge >= 0.3 is 0 Å². The quantitative estimate of drug-likeness (QED) is 0.424. The molecular weight excluding hydrogens is 356 g/mol. The molecule has 0 bridgehead atoms. The molecule has 2 aromatic carbocycles. The Bertz CT molecular complexity index is 711. The minimum absolute atomic E-state index is 0.0211. The Morgan fingerprint density at radius 3 is 2.55 bits per heavy atom. The standard InChI is InChI=1S/C12H8Cl2NO2PS2/c13-9-3-1-5-11(7-9)18(14,19)20-12-6-2-4-10(8-12)15(16)17/h1-8H. The third-order valence-corrected chi connectivity index (χ3v) is 8.68. The van der Waals surface area contributed by atoms with Crippen LogP contribution in [0.3, 0.4) is 0 Å². The van der Waals surface area contributed by atoms with Crippen molar-refractivity contribution in [3.05, 3.63) is 63.7 Å². The van der Waals surface area contributed by atoms with Gasteiger partial charge < -0.3 is 0 Å². The minimum Gasteiger partial charge on any atom is -0.258 e. The second-order valence-corrected chi connectivity index (χ2v) is 13.6. The van der Waals surface area contributed by atoms with Crippen molar-refractivity contribution in [3.8, 4) is 0 Å². The van der Waals surface area contributed by atoms with Crippen molar-refractivity contribution < 1.29 is 4.92 Å². The summed E-state index contributed by atoms with van der Waals surface area (Å²) in [6, 6.07) is 13.4. The summed E-state index contributed by atoms with van der Waals surface area (Å²) in [5.74, 6) is 0. The lowest BCUT2D eigenvalue weighted by atomic mass is 10.3. The number of nitro benzene ring substituents is 1. The van der Waals surface area contributed by atoms with E-state index in [1.807, 2.05) is 6.07 Å². The fourth-order valence-electron chi connectivity index (χ4n) is 1.48. The van der Waals surface area contributed by atoms with E-state index in [4.69, 9.17) is 34.6 Å². The van der Waals surface area contributed by atoms with Crippen LogP contribution in [0.5, 0.6) is 0 Å². The van der Waals surface area contributed by atoms with Crippen LogP contribution < -0.4 is 5.30 Å². The predicted molar refractivity (Wildman–Crippen MR) is 90.2 cm³/mol. The molecule has 0 aromatic heterocycles. The Morgan fingerprint density at radius 2 is 1.90 bits per heavy atom. The summed E-state index contributed by atoms with van der Waals surface area (Å²) in [6.07, 6.45) is 0. The molecule has 0 radical (unpaired) electrons. The molecule has 0 saturated heterocycles. The minimum atomic E-state index is -2.43. The molecule has 8 heteroatoms. The van der Waals surface area contributed by atoms with Crippen LogP contribution in [-0.4, -0.2) is 4.92 Å². The second-order valence-electron chi connectivity index (χ2n) is 3.81. The molecule has 0 saturated carbocycles. The van der Waals surface area contributed by atoms with Crippen molar-refractivity contribution in [1.82, 2.24) is 0 Å². The molecule has 104 valence electrons. The molecular formula is C12H8Cl2NO2PS2. The first kappa shape index (κ1) is 15.8. The van der Waals surface area contributed by atoms with Gasteiger partial charge in [-0.2, -0.15) is 0 Å². The Morgan fingerprint density at radius 1 is 1.20 bits per heavy atom. The molecule has 2 aromatic rings. The van der Waals surface area contributed by atoms with Crippen LogP contribution >= 0.6 is 38.8 Å². The summed E-state index contributed by atoms with van der Waals surface area (Å²) >= 11 is 19.1. The lowest BCUT2D eigenvalue weighted by Crippen LogP contribution is -1.97. The van der Waals surface area contributed by atoms with Crippen molar-refractivity contribution in [2.24, 2.45) is 0 Å². The number of hydrogen-bond donors (Lipinski definition) is 0. The molecule has 0 fully saturated rings. The highest BCUT2D eigenvalue weighted by molar-refractivity contribution is 8.80. The lowest BCUT2D eigenvalue weighted by Gasteiger charge is -2.14. The normalized spacial score (nSPS) is 13.7. The molecule has 0 N–H and O–H groups in total. The first-order valence-electron chi connectivity index (χ1n) is 5.38. The van der Waals surface area contributed by atoms with Crippen LogP contribution in [0.4, 0.5) is 5.69 Å². The number of nitro groups is 1. The van der Waals surface area contributed by atoms with E-state index in [2.05, 4.69) is 0 Å². The van der Waals surface area contributed by atoms with Crippen LogP contribution in [0.2, 0.25) is 5.02 Å². The summed E-state index contributed by atoms with van der Waals surface area (Å²) in [4.78, 5) is 11.0. The van der Waals surface area contributed by atoms with Crippen LogP contribution in [0.1, 0.15) is 0 Å². The maximum absolute atomic E-state index is 10.8. The third-order valence-electron chi connectivity index (χ3n) is 2.37. The van der Waals surface area contributed by atoms with Crippen LogP contribution in [0.25, 0.3) is 0 Å². The molecule has 3 nitrogen and oxygen atoms in total. The van der Waals surface area contributed by atoms with Gasteiger partial charge in [-0.3, -0.25) is 10.1 Å². The zero-order valence-electron chi connectivity index (χ0n) is 9.90. The number of hydrogen-bond acceptors (Lipinski definition) is 4. The number of benzene rings is 2. The van der Waals surface area contributed by atoms with E-state index in [1.165, 1.54) is 23.5 Å². The predicted octanol–water partition coefficient (Wildman–Crippen LogP) is 5.21. The first-order chi connectivity index (χ1) is 9.38. The molecule has 0 aliphatic rings. The number of rotatable bonds is 4. The largest absolute Gasteiger partial charge is 0.270 e. The maximum atomic E-state index is 10.8.